The Balaban J connectivity index is 3.56. The van der Waals surface area contributed by atoms with Crippen molar-refractivity contribution in [3.63, 3.8) is 0 Å². The van der Waals surface area contributed by atoms with E-state index in [-0.39, 0.29) is 0 Å². The molecule has 0 aromatic heterocycles. The predicted molar refractivity (Wildman–Crippen MR) is 29.1 cm³/mol. The second-order valence-electron chi connectivity index (χ2n) is 1.68. The van der Waals surface area contributed by atoms with E-state index in [0.717, 1.165) is 0 Å². The Morgan fingerprint density at radius 1 is 1.75 bits per heavy atom. The molecule has 0 aromatic rings. The monoisotopic (exact) mass is 141 g/mol. The zero-order chi connectivity index (χ0) is 6.78. The van der Waals surface area contributed by atoms with Crippen molar-refractivity contribution >= 4 is 7.83 Å². The zero-order valence-corrected chi connectivity index (χ0v) is 5.69. The van der Waals surface area contributed by atoms with Crippen molar-refractivity contribution in [1.29, 1.82) is 0 Å². The lowest BCUT2D eigenvalue weighted by Crippen LogP contribution is -2.02. The highest BCUT2D eigenvalue weighted by Crippen LogP contribution is 2.40. The predicted octanol–water partition coefficient (Wildman–Crippen LogP) is 1.45. The number of halogens is 1. The van der Waals surface area contributed by atoms with E-state index >= 15 is 0 Å². The second kappa shape index (κ2) is 2.58. The molecule has 8 heavy (non-hydrogen) atoms. The van der Waals surface area contributed by atoms with Crippen LogP contribution >= 0.6 is 7.83 Å². The lowest BCUT2D eigenvalue weighted by atomic mass is 10.5. The molecule has 0 aromatic carbocycles. The Labute approximate surface area is 47.6 Å². The molecule has 0 amide bonds. The van der Waals surface area contributed by atoms with E-state index in [0.29, 0.717) is 0 Å². The van der Waals surface area contributed by atoms with Crippen LogP contribution in [-0.2, 0) is 9.09 Å². The summed E-state index contributed by atoms with van der Waals surface area (Å²) in [6.45, 7) is 3.11. The molecule has 5 heteroatoms. The molecule has 0 saturated heterocycles. The molecule has 1 unspecified atom stereocenters. The van der Waals surface area contributed by atoms with Crippen molar-refractivity contribution in [2.24, 2.45) is 5.50 Å². The number of rotatable bonds is 2. The summed E-state index contributed by atoms with van der Waals surface area (Å²) in [6, 6.07) is 0. The van der Waals surface area contributed by atoms with Crippen LogP contribution in [-0.4, -0.2) is 6.10 Å². The average Bonchev–Trinajstić information content (AvgIpc) is 1.21. The fourth-order valence-electron chi connectivity index (χ4n) is 0.287. The van der Waals surface area contributed by atoms with Gasteiger partial charge >= 0.3 is 7.83 Å². The summed E-state index contributed by atoms with van der Waals surface area (Å²) < 4.78 is 25.8. The van der Waals surface area contributed by atoms with Gasteiger partial charge in [0, 0.05) is 0 Å². The van der Waals surface area contributed by atoms with Crippen molar-refractivity contribution in [3.8, 4) is 0 Å². The van der Waals surface area contributed by atoms with Crippen molar-refractivity contribution < 1.29 is 13.3 Å². The fraction of sp³-hybridized carbons (Fsp3) is 1.00. The second-order valence-corrected chi connectivity index (χ2v) is 2.93. The molecular formula is C3H9FNO2P. The molecule has 0 aliphatic rings. The highest BCUT2D eigenvalue weighted by molar-refractivity contribution is 7.50. The van der Waals surface area contributed by atoms with Crippen molar-refractivity contribution in [3.05, 3.63) is 0 Å². The van der Waals surface area contributed by atoms with Gasteiger partial charge in [0.2, 0.25) is 0 Å². The van der Waals surface area contributed by atoms with Crippen LogP contribution in [0, 0.1) is 0 Å². The quantitative estimate of drug-likeness (QED) is 0.592. The number of hydrogen-bond donors (Lipinski definition) is 1. The van der Waals surface area contributed by atoms with E-state index in [4.69, 9.17) is 0 Å². The molecule has 0 spiro atoms. The van der Waals surface area contributed by atoms with Gasteiger partial charge in [0.05, 0.1) is 6.10 Å². The Kier molecular flexibility index (Phi) is 2.60. The maximum Gasteiger partial charge on any atom is 0.440 e. The van der Waals surface area contributed by atoms with Crippen LogP contribution in [0.15, 0.2) is 0 Å². The SMILES string of the molecule is CC(C)OP(N)(=O)F. The van der Waals surface area contributed by atoms with E-state index in [9.17, 15) is 8.76 Å². The smallest absolute Gasteiger partial charge is 0.291 e. The van der Waals surface area contributed by atoms with Gasteiger partial charge in [0.25, 0.3) is 0 Å². The van der Waals surface area contributed by atoms with Crippen LogP contribution in [0.2, 0.25) is 0 Å². The average molecular weight is 141 g/mol. The summed E-state index contributed by atoms with van der Waals surface area (Å²) in [6.07, 6.45) is -0.421. The minimum atomic E-state index is -4.22. The van der Waals surface area contributed by atoms with Crippen molar-refractivity contribution in [2.75, 3.05) is 0 Å². The first-order valence-electron chi connectivity index (χ1n) is 2.18. The summed E-state index contributed by atoms with van der Waals surface area (Å²) >= 11 is 0. The molecule has 0 heterocycles. The molecule has 0 aliphatic heterocycles. The molecule has 0 fully saturated rings. The number of nitrogens with two attached hydrogens (primary N) is 1. The lowest BCUT2D eigenvalue weighted by Gasteiger charge is -2.05. The Morgan fingerprint density at radius 2 is 2.12 bits per heavy atom. The molecule has 0 aliphatic carbocycles. The van der Waals surface area contributed by atoms with E-state index in [1.807, 2.05) is 0 Å². The molecule has 3 nitrogen and oxygen atoms in total. The van der Waals surface area contributed by atoms with Gasteiger partial charge in [0.1, 0.15) is 0 Å². The van der Waals surface area contributed by atoms with E-state index in [1.54, 1.807) is 13.8 Å². The molecule has 0 rings (SSSR count). The first-order valence-corrected chi connectivity index (χ1v) is 3.77. The van der Waals surface area contributed by atoms with E-state index < -0.39 is 13.9 Å². The highest BCUT2D eigenvalue weighted by Gasteiger charge is 2.15. The zero-order valence-electron chi connectivity index (χ0n) is 4.80. The molecular weight excluding hydrogens is 132 g/mol. The molecule has 0 saturated carbocycles. The van der Waals surface area contributed by atoms with Crippen LogP contribution in [0.5, 0.6) is 0 Å². The van der Waals surface area contributed by atoms with Crippen molar-refractivity contribution in [2.45, 2.75) is 20.0 Å². The number of hydrogen-bond acceptors (Lipinski definition) is 2. The third-order valence-corrected chi connectivity index (χ3v) is 1.06. The Bertz CT molecular complexity index is 110. The first-order chi connectivity index (χ1) is 3.42. The third kappa shape index (κ3) is 6.08. The van der Waals surface area contributed by atoms with Gasteiger partial charge in [0.15, 0.2) is 0 Å². The summed E-state index contributed by atoms with van der Waals surface area (Å²) in [5.74, 6) is 0. The molecule has 0 radical (unpaired) electrons. The van der Waals surface area contributed by atoms with Crippen LogP contribution in [0.1, 0.15) is 13.8 Å². The van der Waals surface area contributed by atoms with Gasteiger partial charge in [-0.25, -0.2) is 10.1 Å². The van der Waals surface area contributed by atoms with Gasteiger partial charge in [-0.2, -0.15) is 0 Å². The topological polar surface area (TPSA) is 52.3 Å². The molecule has 2 N–H and O–H groups in total. The maximum absolute atomic E-state index is 11.8. The van der Waals surface area contributed by atoms with Gasteiger partial charge < -0.3 is 0 Å². The molecule has 1 atom stereocenters. The first kappa shape index (κ1) is 8.08. The van der Waals surface area contributed by atoms with Crippen molar-refractivity contribution in [1.82, 2.24) is 0 Å². The van der Waals surface area contributed by atoms with Gasteiger partial charge in [-0.05, 0) is 13.8 Å². The minimum Gasteiger partial charge on any atom is -0.291 e. The van der Waals surface area contributed by atoms with E-state index in [2.05, 4.69) is 10.0 Å². The van der Waals surface area contributed by atoms with Crippen LogP contribution in [0.25, 0.3) is 0 Å². The van der Waals surface area contributed by atoms with Crippen LogP contribution in [0.3, 0.4) is 0 Å². The standard InChI is InChI=1S/C3H9FNO2P/c1-3(2)7-8(4,5)6/h3H,1-2H3,(H2,5,6). The summed E-state index contributed by atoms with van der Waals surface area (Å²) in [4.78, 5) is 0. The van der Waals surface area contributed by atoms with Crippen LogP contribution < -0.4 is 5.50 Å². The lowest BCUT2D eigenvalue weighted by molar-refractivity contribution is 0.224. The molecule has 0 bridgehead atoms. The van der Waals surface area contributed by atoms with E-state index in [1.165, 1.54) is 0 Å². The van der Waals surface area contributed by atoms with Gasteiger partial charge in [-0.15, -0.1) is 4.20 Å². The normalized spacial score (nSPS) is 18.6. The molecule has 50 valence electrons. The van der Waals surface area contributed by atoms with Gasteiger partial charge in [-0.1, -0.05) is 0 Å². The van der Waals surface area contributed by atoms with Gasteiger partial charge in [-0.3, -0.25) is 4.52 Å². The fourth-order valence-corrected chi connectivity index (χ4v) is 0.862. The van der Waals surface area contributed by atoms with Crippen LogP contribution in [0.4, 0.5) is 4.20 Å². The maximum atomic E-state index is 11.8. The third-order valence-electron chi connectivity index (χ3n) is 0.355. The summed E-state index contributed by atoms with van der Waals surface area (Å²) in [7, 11) is -4.22. The highest BCUT2D eigenvalue weighted by atomic mass is 31.2. The largest absolute Gasteiger partial charge is 0.440 e. The Morgan fingerprint density at radius 3 is 2.12 bits per heavy atom. The Hall–Kier alpha value is 0.0800. The summed E-state index contributed by atoms with van der Waals surface area (Å²) in [5.41, 5.74) is 4.40. The minimum absolute atomic E-state index is 0.421. The summed E-state index contributed by atoms with van der Waals surface area (Å²) in [5, 5.41) is 0.